The highest BCUT2D eigenvalue weighted by Crippen LogP contribution is 2.38. The fourth-order valence-corrected chi connectivity index (χ4v) is 4.28. The zero-order valence-corrected chi connectivity index (χ0v) is 15.1. The molecule has 0 unspecified atom stereocenters. The molecule has 25 heavy (non-hydrogen) atoms. The minimum Gasteiger partial charge on any atom is -0.457 e. The number of fused-ring (bicyclic) bond motifs is 1. The van der Waals surface area contributed by atoms with Gasteiger partial charge in [0.2, 0.25) is 0 Å². The van der Waals surface area contributed by atoms with E-state index in [0.717, 1.165) is 54.0 Å². The van der Waals surface area contributed by atoms with E-state index >= 15 is 0 Å². The third-order valence-electron chi connectivity index (χ3n) is 5.76. The molecule has 0 spiro atoms. The van der Waals surface area contributed by atoms with E-state index in [-0.39, 0.29) is 0 Å². The number of hydrogen-bond donors (Lipinski definition) is 1. The van der Waals surface area contributed by atoms with Crippen LogP contribution < -0.4 is 15.4 Å². The van der Waals surface area contributed by atoms with Gasteiger partial charge in [0.1, 0.15) is 11.5 Å². The van der Waals surface area contributed by atoms with Crippen LogP contribution in [-0.2, 0) is 0 Å². The van der Waals surface area contributed by atoms with Crippen LogP contribution in [0, 0.1) is 12.8 Å². The van der Waals surface area contributed by atoms with Crippen LogP contribution in [0.15, 0.2) is 42.5 Å². The van der Waals surface area contributed by atoms with Crippen LogP contribution in [0.25, 0.3) is 0 Å². The average Bonchev–Trinajstić information content (AvgIpc) is 2.99. The Morgan fingerprint density at radius 2 is 1.84 bits per heavy atom. The van der Waals surface area contributed by atoms with Gasteiger partial charge in [-0.2, -0.15) is 0 Å². The van der Waals surface area contributed by atoms with Crippen LogP contribution in [0.2, 0.25) is 0 Å². The lowest BCUT2D eigenvalue weighted by Crippen LogP contribution is -2.52. The number of benzene rings is 2. The Kier molecular flexibility index (Phi) is 4.30. The van der Waals surface area contributed by atoms with Gasteiger partial charge in [-0.15, -0.1) is 0 Å². The van der Waals surface area contributed by atoms with Crippen molar-refractivity contribution in [1.82, 2.24) is 4.90 Å². The third kappa shape index (κ3) is 3.07. The lowest BCUT2D eigenvalue weighted by atomic mass is 10.00. The normalized spacial score (nSPS) is 23.5. The van der Waals surface area contributed by atoms with E-state index in [1.54, 1.807) is 0 Å². The molecule has 0 aliphatic carbocycles. The number of ether oxygens (including phenoxy) is 1. The Balaban J connectivity index is 1.62. The van der Waals surface area contributed by atoms with E-state index in [2.05, 4.69) is 23.6 Å². The predicted molar refractivity (Wildman–Crippen MR) is 103 cm³/mol. The van der Waals surface area contributed by atoms with Crippen molar-refractivity contribution in [3.05, 3.63) is 48.0 Å². The molecular formula is C21H27N3O. The lowest BCUT2D eigenvalue weighted by molar-refractivity contribution is 0.209. The Hall–Kier alpha value is -2.20. The van der Waals surface area contributed by atoms with Crippen molar-refractivity contribution in [3.63, 3.8) is 0 Å². The molecule has 0 bridgehead atoms. The van der Waals surface area contributed by atoms with Gasteiger partial charge in [0.25, 0.3) is 0 Å². The number of rotatable bonds is 3. The summed E-state index contributed by atoms with van der Waals surface area (Å²) < 4.78 is 6.11. The molecule has 0 amide bonds. The summed E-state index contributed by atoms with van der Waals surface area (Å²) in [5.41, 5.74) is 9.49. The van der Waals surface area contributed by atoms with Crippen molar-refractivity contribution >= 4 is 11.4 Å². The summed E-state index contributed by atoms with van der Waals surface area (Å²) in [5.74, 6) is 2.50. The number of hydrogen-bond acceptors (Lipinski definition) is 4. The number of nitrogen functional groups attached to an aromatic ring is 1. The van der Waals surface area contributed by atoms with Gasteiger partial charge < -0.3 is 15.4 Å². The predicted octanol–water partition coefficient (Wildman–Crippen LogP) is 3.90. The second-order valence-electron chi connectivity index (χ2n) is 7.36. The number of anilines is 2. The van der Waals surface area contributed by atoms with Gasteiger partial charge in [-0.3, -0.25) is 4.90 Å². The number of nitrogens with zero attached hydrogens (tertiary/aromatic N) is 2. The van der Waals surface area contributed by atoms with Crippen LogP contribution in [0.3, 0.4) is 0 Å². The summed E-state index contributed by atoms with van der Waals surface area (Å²) in [7, 11) is 0. The summed E-state index contributed by atoms with van der Waals surface area (Å²) in [6.45, 7) is 8.95. The Morgan fingerprint density at radius 1 is 1.04 bits per heavy atom. The highest BCUT2D eigenvalue weighted by atomic mass is 16.5. The van der Waals surface area contributed by atoms with E-state index in [9.17, 15) is 0 Å². The van der Waals surface area contributed by atoms with Crippen LogP contribution in [0.4, 0.5) is 11.4 Å². The maximum Gasteiger partial charge on any atom is 0.132 e. The molecule has 2 aliphatic rings. The average molecular weight is 337 g/mol. The molecule has 4 heteroatoms. The summed E-state index contributed by atoms with van der Waals surface area (Å²) >= 11 is 0. The zero-order valence-electron chi connectivity index (χ0n) is 15.1. The maximum atomic E-state index is 6.38. The van der Waals surface area contributed by atoms with Crippen molar-refractivity contribution in [2.45, 2.75) is 26.3 Å². The minimum absolute atomic E-state index is 0.645. The first-order valence-electron chi connectivity index (χ1n) is 9.24. The SMILES string of the molecule is Cc1c(Oc2ccccc2)ccc(N)c1N1CCN2CC[C@H](C)[C@@H]2C1. The standard InChI is InChI=1S/C21H27N3O/c1-15-10-11-23-12-13-24(14-19(15)23)21-16(2)20(9-8-18(21)22)25-17-6-4-3-5-7-17/h3-9,15,19H,10-14,22H2,1-2H3/t15-,19-/m0/s1. The van der Waals surface area contributed by atoms with Crippen LogP contribution in [0.5, 0.6) is 11.5 Å². The first kappa shape index (κ1) is 16.3. The topological polar surface area (TPSA) is 41.7 Å². The fourth-order valence-electron chi connectivity index (χ4n) is 4.28. The molecule has 2 saturated heterocycles. The molecule has 2 aromatic carbocycles. The molecule has 4 rings (SSSR count). The van der Waals surface area contributed by atoms with E-state index in [1.165, 1.54) is 13.0 Å². The van der Waals surface area contributed by atoms with Gasteiger partial charge in [0, 0.05) is 31.2 Å². The summed E-state index contributed by atoms with van der Waals surface area (Å²) in [6, 6.07) is 14.5. The molecule has 2 atom stereocenters. The van der Waals surface area contributed by atoms with Crippen molar-refractivity contribution in [2.24, 2.45) is 5.92 Å². The van der Waals surface area contributed by atoms with Crippen LogP contribution >= 0.6 is 0 Å². The molecule has 2 aliphatic heterocycles. The second kappa shape index (κ2) is 6.60. The monoisotopic (exact) mass is 337 g/mol. The van der Waals surface area contributed by atoms with Gasteiger partial charge in [-0.1, -0.05) is 25.1 Å². The highest BCUT2D eigenvalue weighted by molar-refractivity contribution is 5.75. The smallest absolute Gasteiger partial charge is 0.132 e. The van der Waals surface area contributed by atoms with Gasteiger partial charge in [0.05, 0.1) is 11.4 Å². The first-order chi connectivity index (χ1) is 12.1. The van der Waals surface area contributed by atoms with Crippen molar-refractivity contribution < 1.29 is 4.74 Å². The molecule has 2 fully saturated rings. The highest BCUT2D eigenvalue weighted by Gasteiger charge is 2.36. The lowest BCUT2D eigenvalue weighted by Gasteiger charge is -2.41. The van der Waals surface area contributed by atoms with Gasteiger partial charge in [0.15, 0.2) is 0 Å². The Morgan fingerprint density at radius 3 is 2.64 bits per heavy atom. The maximum absolute atomic E-state index is 6.38. The van der Waals surface area contributed by atoms with Crippen LogP contribution in [0.1, 0.15) is 18.9 Å². The molecule has 0 radical (unpaired) electrons. The molecular weight excluding hydrogens is 310 g/mol. The largest absolute Gasteiger partial charge is 0.457 e. The molecule has 2 N–H and O–H groups in total. The van der Waals surface area contributed by atoms with E-state index in [0.29, 0.717) is 6.04 Å². The Labute approximate surface area is 150 Å². The van der Waals surface area contributed by atoms with Crippen LogP contribution in [-0.4, -0.2) is 37.1 Å². The number of nitrogens with two attached hydrogens (primary N) is 1. The molecule has 2 aromatic rings. The van der Waals surface area contributed by atoms with E-state index < -0.39 is 0 Å². The summed E-state index contributed by atoms with van der Waals surface area (Å²) in [5, 5.41) is 0. The molecule has 4 nitrogen and oxygen atoms in total. The van der Waals surface area contributed by atoms with Gasteiger partial charge >= 0.3 is 0 Å². The third-order valence-corrected chi connectivity index (χ3v) is 5.76. The van der Waals surface area contributed by atoms with Crippen molar-refractivity contribution in [2.75, 3.05) is 36.8 Å². The summed E-state index contributed by atoms with van der Waals surface area (Å²) in [4.78, 5) is 5.10. The number of para-hydroxylation sites is 1. The minimum atomic E-state index is 0.645. The van der Waals surface area contributed by atoms with E-state index in [4.69, 9.17) is 10.5 Å². The van der Waals surface area contributed by atoms with Gasteiger partial charge in [-0.05, 0) is 50.1 Å². The first-order valence-corrected chi connectivity index (χ1v) is 9.24. The van der Waals surface area contributed by atoms with E-state index in [1.807, 2.05) is 42.5 Å². The van der Waals surface area contributed by atoms with Crippen molar-refractivity contribution in [3.8, 4) is 11.5 Å². The fraction of sp³-hybridized carbons (Fsp3) is 0.429. The molecule has 2 heterocycles. The van der Waals surface area contributed by atoms with Crippen molar-refractivity contribution in [1.29, 1.82) is 0 Å². The quantitative estimate of drug-likeness (QED) is 0.863. The second-order valence-corrected chi connectivity index (χ2v) is 7.36. The molecule has 0 aromatic heterocycles. The zero-order chi connectivity index (χ0) is 17.4. The Bertz CT molecular complexity index is 746. The number of piperazine rings is 1. The summed E-state index contributed by atoms with van der Waals surface area (Å²) in [6.07, 6.45) is 1.31. The molecule has 0 saturated carbocycles. The van der Waals surface area contributed by atoms with Gasteiger partial charge in [-0.25, -0.2) is 0 Å². The molecule has 132 valence electrons.